The van der Waals surface area contributed by atoms with Crippen LogP contribution in [0.2, 0.25) is 0 Å². The fourth-order valence-electron chi connectivity index (χ4n) is 8.13. The Morgan fingerprint density at radius 3 is 0.889 bits per heavy atom. The molecule has 0 bridgehead atoms. The molecule has 54 heavy (non-hydrogen) atoms. The standard InChI is InChI=1S/C50H54N4/c1-14-36-45(53-41-19-15-32(47(2,3)4)24-37(41)38-25-33(48(5,6)7)16-20-42(38)53)30(28-51)23-31(29-52)46(36)54-43-21-17-34(49(8,9)10)26-39(43)40-27-35(50(11,12)13)18-22-44(40)54/h15-27H,14H2,1-13H3. The van der Waals surface area contributed by atoms with Gasteiger partial charge in [0, 0.05) is 27.1 Å². The van der Waals surface area contributed by atoms with Gasteiger partial charge in [-0.05, 0) is 105 Å². The Morgan fingerprint density at radius 2 is 0.685 bits per heavy atom. The van der Waals surface area contributed by atoms with Crippen molar-refractivity contribution in [3.63, 3.8) is 0 Å². The van der Waals surface area contributed by atoms with E-state index in [-0.39, 0.29) is 21.7 Å². The Hall–Kier alpha value is -5.32. The number of hydrogen-bond donors (Lipinski definition) is 0. The summed E-state index contributed by atoms with van der Waals surface area (Å²) in [6.45, 7) is 29.2. The van der Waals surface area contributed by atoms with Crippen LogP contribution in [0.15, 0.2) is 78.9 Å². The van der Waals surface area contributed by atoms with Gasteiger partial charge in [-0.2, -0.15) is 10.5 Å². The van der Waals surface area contributed by atoms with Crippen LogP contribution < -0.4 is 0 Å². The summed E-state index contributed by atoms with van der Waals surface area (Å²) in [7, 11) is 0. The van der Waals surface area contributed by atoms with Crippen LogP contribution in [-0.2, 0) is 28.1 Å². The fraction of sp³-hybridized carbons (Fsp3) is 0.360. The first-order chi connectivity index (χ1) is 25.2. The highest BCUT2D eigenvalue weighted by Crippen LogP contribution is 2.44. The zero-order valence-electron chi connectivity index (χ0n) is 34.5. The second-order valence-electron chi connectivity index (χ2n) is 19.3. The number of benzene rings is 5. The first kappa shape index (κ1) is 37.0. The normalized spacial score (nSPS) is 12.9. The molecule has 0 N–H and O–H groups in total. The van der Waals surface area contributed by atoms with E-state index in [0.717, 1.165) is 39.0 Å². The Balaban J connectivity index is 1.67. The molecule has 2 heterocycles. The fourth-order valence-corrected chi connectivity index (χ4v) is 8.13. The van der Waals surface area contributed by atoms with Gasteiger partial charge in [-0.3, -0.25) is 0 Å². The zero-order valence-corrected chi connectivity index (χ0v) is 34.5. The monoisotopic (exact) mass is 710 g/mol. The summed E-state index contributed by atoms with van der Waals surface area (Å²) in [5.41, 5.74) is 12.8. The predicted octanol–water partition coefficient (Wildman–Crippen LogP) is 13.4. The maximum absolute atomic E-state index is 10.9. The number of fused-ring (bicyclic) bond motifs is 6. The summed E-state index contributed by atoms with van der Waals surface area (Å²) >= 11 is 0. The van der Waals surface area contributed by atoms with Gasteiger partial charge in [0.15, 0.2) is 0 Å². The van der Waals surface area contributed by atoms with Crippen LogP contribution >= 0.6 is 0 Å². The molecule has 7 rings (SSSR count). The van der Waals surface area contributed by atoms with E-state index in [4.69, 9.17) is 0 Å². The van der Waals surface area contributed by atoms with Crippen LogP contribution in [0.1, 0.15) is 129 Å². The van der Waals surface area contributed by atoms with E-state index in [1.165, 1.54) is 43.8 Å². The van der Waals surface area contributed by atoms with Crippen molar-refractivity contribution in [2.45, 2.75) is 118 Å². The lowest BCUT2D eigenvalue weighted by Gasteiger charge is -2.23. The molecule has 0 saturated heterocycles. The lowest BCUT2D eigenvalue weighted by Crippen LogP contribution is -2.12. The summed E-state index contributed by atoms with van der Waals surface area (Å²) in [5.74, 6) is 0. The molecular formula is C50H54N4. The molecule has 7 aromatic rings. The molecule has 0 amide bonds. The molecule has 5 aromatic carbocycles. The Morgan fingerprint density at radius 1 is 0.426 bits per heavy atom. The molecule has 4 heteroatoms. The summed E-state index contributed by atoms with van der Waals surface area (Å²) in [4.78, 5) is 0. The Bertz CT molecular complexity index is 2410. The molecule has 0 saturated carbocycles. The third-order valence-corrected chi connectivity index (χ3v) is 11.4. The molecule has 0 atom stereocenters. The van der Waals surface area contributed by atoms with Crippen molar-refractivity contribution in [2.75, 3.05) is 0 Å². The van der Waals surface area contributed by atoms with Gasteiger partial charge in [-0.1, -0.05) is 114 Å². The van der Waals surface area contributed by atoms with Gasteiger partial charge < -0.3 is 9.13 Å². The molecule has 0 aliphatic rings. The highest BCUT2D eigenvalue weighted by molar-refractivity contribution is 6.12. The Labute approximate surface area is 321 Å². The zero-order chi connectivity index (χ0) is 39.3. The van der Waals surface area contributed by atoms with Crippen LogP contribution in [0.3, 0.4) is 0 Å². The minimum absolute atomic E-state index is 0.0332. The van der Waals surface area contributed by atoms with Crippen molar-refractivity contribution in [3.05, 3.63) is 118 Å². The maximum atomic E-state index is 10.9. The molecule has 0 aliphatic heterocycles. The van der Waals surface area contributed by atoms with Gasteiger partial charge in [0.1, 0.15) is 12.1 Å². The predicted molar refractivity (Wildman–Crippen MR) is 229 cm³/mol. The maximum Gasteiger partial charge on any atom is 0.101 e. The topological polar surface area (TPSA) is 57.4 Å². The van der Waals surface area contributed by atoms with Gasteiger partial charge in [-0.15, -0.1) is 0 Å². The van der Waals surface area contributed by atoms with Gasteiger partial charge in [0.05, 0.1) is 44.6 Å². The number of nitriles is 2. The smallest absolute Gasteiger partial charge is 0.101 e. The molecule has 2 aromatic heterocycles. The van der Waals surface area contributed by atoms with Gasteiger partial charge in [-0.25, -0.2) is 0 Å². The lowest BCUT2D eigenvalue weighted by atomic mass is 9.85. The third kappa shape index (κ3) is 5.88. The third-order valence-electron chi connectivity index (χ3n) is 11.4. The average Bonchev–Trinajstić information content (AvgIpc) is 3.60. The van der Waals surface area contributed by atoms with E-state index in [0.29, 0.717) is 17.5 Å². The van der Waals surface area contributed by atoms with Crippen molar-refractivity contribution >= 4 is 43.6 Å². The number of rotatable bonds is 3. The highest BCUT2D eigenvalue weighted by atomic mass is 15.0. The summed E-state index contributed by atoms with van der Waals surface area (Å²) in [6, 6.07) is 34.1. The van der Waals surface area contributed by atoms with Crippen molar-refractivity contribution in [1.29, 1.82) is 10.5 Å². The lowest BCUT2D eigenvalue weighted by molar-refractivity contribution is 0.590. The van der Waals surface area contributed by atoms with Gasteiger partial charge in [0.2, 0.25) is 0 Å². The van der Waals surface area contributed by atoms with Crippen LogP contribution in [-0.4, -0.2) is 9.13 Å². The summed E-state index contributed by atoms with van der Waals surface area (Å²) in [6.07, 6.45) is 0.623. The van der Waals surface area contributed by atoms with Crippen LogP contribution in [0.4, 0.5) is 0 Å². The largest absolute Gasteiger partial charge is 0.308 e. The molecule has 274 valence electrons. The molecule has 4 nitrogen and oxygen atoms in total. The van der Waals surface area contributed by atoms with Crippen molar-refractivity contribution in [2.24, 2.45) is 0 Å². The molecule has 0 spiro atoms. The summed E-state index contributed by atoms with van der Waals surface area (Å²) < 4.78 is 4.60. The van der Waals surface area contributed by atoms with Crippen LogP contribution in [0.5, 0.6) is 0 Å². The summed E-state index contributed by atoms with van der Waals surface area (Å²) in [5, 5.41) is 26.5. The van der Waals surface area contributed by atoms with Crippen LogP contribution in [0.25, 0.3) is 55.0 Å². The minimum atomic E-state index is -0.0332. The van der Waals surface area contributed by atoms with Gasteiger partial charge >= 0.3 is 0 Å². The molecule has 0 aliphatic carbocycles. The van der Waals surface area contributed by atoms with E-state index in [1.54, 1.807) is 0 Å². The average molecular weight is 711 g/mol. The molecule has 0 fully saturated rings. The van der Waals surface area contributed by atoms with E-state index in [2.05, 4.69) is 184 Å². The first-order valence-electron chi connectivity index (χ1n) is 19.4. The van der Waals surface area contributed by atoms with E-state index in [9.17, 15) is 10.5 Å². The SMILES string of the molecule is CCc1c(-n2c3ccc(C(C)(C)C)cc3c3cc(C(C)(C)C)ccc32)c(C#N)cc(C#N)c1-n1c2ccc(C(C)(C)C)cc2c2cc(C(C)(C)C)ccc21. The Kier molecular flexibility index (Phi) is 8.47. The molecule has 0 unspecified atom stereocenters. The van der Waals surface area contributed by atoms with E-state index < -0.39 is 0 Å². The number of hydrogen-bond acceptors (Lipinski definition) is 2. The van der Waals surface area contributed by atoms with E-state index in [1.807, 2.05) is 6.07 Å². The van der Waals surface area contributed by atoms with Crippen molar-refractivity contribution < 1.29 is 0 Å². The second-order valence-corrected chi connectivity index (χ2v) is 19.3. The molecule has 0 radical (unpaired) electrons. The van der Waals surface area contributed by atoms with E-state index >= 15 is 0 Å². The minimum Gasteiger partial charge on any atom is -0.308 e. The van der Waals surface area contributed by atoms with Crippen molar-refractivity contribution in [1.82, 2.24) is 9.13 Å². The van der Waals surface area contributed by atoms with Gasteiger partial charge in [0.25, 0.3) is 0 Å². The molecular weight excluding hydrogens is 657 g/mol. The van der Waals surface area contributed by atoms with Crippen molar-refractivity contribution in [3.8, 4) is 23.5 Å². The number of aromatic nitrogens is 2. The first-order valence-corrected chi connectivity index (χ1v) is 19.4. The quantitative estimate of drug-likeness (QED) is 0.183. The van der Waals surface area contributed by atoms with Crippen LogP contribution in [0, 0.1) is 22.7 Å². The second kappa shape index (κ2) is 12.4. The number of nitrogens with zero attached hydrogens (tertiary/aromatic N) is 4. The highest BCUT2D eigenvalue weighted by Gasteiger charge is 2.28.